The molecule has 136 valence electrons. The molecule has 0 saturated heterocycles. The van der Waals surface area contributed by atoms with Crippen LogP contribution in [0.5, 0.6) is 5.75 Å². The molecule has 7 nitrogen and oxygen atoms in total. The zero-order valence-electron chi connectivity index (χ0n) is 15.6. The van der Waals surface area contributed by atoms with Gasteiger partial charge in [-0.25, -0.2) is 4.99 Å². The Kier molecular flexibility index (Phi) is 6.38. The number of hydrogen-bond acceptors (Lipinski definition) is 5. The van der Waals surface area contributed by atoms with Crippen molar-refractivity contribution in [2.45, 2.75) is 46.2 Å². The molecule has 0 radical (unpaired) electrons. The van der Waals surface area contributed by atoms with E-state index in [0.29, 0.717) is 30.8 Å². The van der Waals surface area contributed by atoms with Crippen molar-refractivity contribution in [1.82, 2.24) is 20.8 Å². The van der Waals surface area contributed by atoms with Crippen molar-refractivity contribution in [2.75, 3.05) is 13.7 Å². The van der Waals surface area contributed by atoms with Crippen LogP contribution in [0, 0.1) is 0 Å². The van der Waals surface area contributed by atoms with E-state index in [4.69, 9.17) is 9.26 Å². The highest BCUT2D eigenvalue weighted by Gasteiger charge is 2.21. The first-order valence-electron chi connectivity index (χ1n) is 8.40. The van der Waals surface area contributed by atoms with Crippen LogP contribution in [0.3, 0.4) is 0 Å². The first-order valence-corrected chi connectivity index (χ1v) is 8.40. The number of hydrogen-bond donors (Lipinski definition) is 2. The van der Waals surface area contributed by atoms with Crippen LogP contribution in [0.25, 0.3) is 0 Å². The fourth-order valence-corrected chi connectivity index (χ4v) is 2.04. The topological polar surface area (TPSA) is 84.6 Å². The van der Waals surface area contributed by atoms with E-state index in [2.05, 4.69) is 25.8 Å². The van der Waals surface area contributed by atoms with Crippen molar-refractivity contribution in [3.63, 3.8) is 0 Å². The second-order valence-electron chi connectivity index (χ2n) is 6.66. The highest BCUT2D eigenvalue weighted by Crippen LogP contribution is 2.19. The van der Waals surface area contributed by atoms with Crippen LogP contribution < -0.4 is 15.4 Å². The van der Waals surface area contributed by atoms with Crippen LogP contribution in [-0.4, -0.2) is 29.8 Å². The Morgan fingerprint density at radius 1 is 1.20 bits per heavy atom. The molecule has 0 aliphatic heterocycles. The van der Waals surface area contributed by atoms with E-state index in [9.17, 15) is 0 Å². The van der Waals surface area contributed by atoms with Gasteiger partial charge in [-0.3, -0.25) is 0 Å². The summed E-state index contributed by atoms with van der Waals surface area (Å²) in [7, 11) is 1.66. The molecule has 2 N–H and O–H groups in total. The van der Waals surface area contributed by atoms with E-state index in [1.165, 1.54) is 0 Å². The van der Waals surface area contributed by atoms with Crippen LogP contribution in [0.1, 0.15) is 45.0 Å². The van der Waals surface area contributed by atoms with Crippen molar-refractivity contribution in [1.29, 1.82) is 0 Å². The molecule has 25 heavy (non-hydrogen) atoms. The molecule has 1 aromatic carbocycles. The van der Waals surface area contributed by atoms with Crippen LogP contribution in [0.2, 0.25) is 0 Å². The number of guanidine groups is 1. The lowest BCUT2D eigenvalue weighted by Crippen LogP contribution is -2.37. The maximum Gasteiger partial charge on any atom is 0.232 e. The van der Waals surface area contributed by atoms with Crippen molar-refractivity contribution >= 4 is 5.96 Å². The third-order valence-corrected chi connectivity index (χ3v) is 3.45. The van der Waals surface area contributed by atoms with Gasteiger partial charge in [0, 0.05) is 12.0 Å². The lowest BCUT2D eigenvalue weighted by atomic mass is 9.97. The summed E-state index contributed by atoms with van der Waals surface area (Å²) in [6.45, 7) is 9.94. The number of rotatable bonds is 6. The molecular weight excluding hydrogens is 318 g/mol. The maximum atomic E-state index is 5.30. The molecule has 0 atom stereocenters. The molecule has 0 amide bonds. The van der Waals surface area contributed by atoms with Gasteiger partial charge in [-0.1, -0.05) is 38.1 Å². The summed E-state index contributed by atoms with van der Waals surface area (Å²) in [6, 6.07) is 7.86. The smallest absolute Gasteiger partial charge is 0.232 e. The third kappa shape index (κ3) is 5.77. The molecule has 2 rings (SSSR count). The van der Waals surface area contributed by atoms with Gasteiger partial charge >= 0.3 is 0 Å². The molecule has 0 saturated carbocycles. The van der Waals surface area contributed by atoms with Gasteiger partial charge in [-0.05, 0) is 24.6 Å². The normalized spacial score (nSPS) is 12.1. The molecule has 0 fully saturated rings. The summed E-state index contributed by atoms with van der Waals surface area (Å²) < 4.78 is 10.5. The Bertz CT molecular complexity index is 686. The number of aliphatic imine (C=N–C) groups is 1. The van der Waals surface area contributed by atoms with Crippen LogP contribution in [-0.2, 0) is 18.5 Å². The lowest BCUT2D eigenvalue weighted by molar-refractivity contribution is 0.318. The predicted octanol–water partition coefficient (Wildman–Crippen LogP) is 2.63. The Balaban J connectivity index is 1.96. The Labute approximate surface area is 148 Å². The molecule has 1 heterocycles. The molecule has 0 aliphatic rings. The Morgan fingerprint density at radius 2 is 1.92 bits per heavy atom. The fraction of sp³-hybridized carbons (Fsp3) is 0.500. The highest BCUT2D eigenvalue weighted by atomic mass is 16.5. The van der Waals surface area contributed by atoms with E-state index in [1.807, 2.05) is 52.0 Å². The van der Waals surface area contributed by atoms with Gasteiger partial charge in [-0.2, -0.15) is 4.98 Å². The monoisotopic (exact) mass is 345 g/mol. The summed E-state index contributed by atoms with van der Waals surface area (Å²) in [5, 5.41) is 10.4. The van der Waals surface area contributed by atoms with E-state index in [0.717, 1.165) is 17.9 Å². The second kappa shape index (κ2) is 8.50. The zero-order chi connectivity index (χ0) is 18.3. The minimum atomic E-state index is -0.155. The number of ether oxygens (including phenoxy) is 1. The quantitative estimate of drug-likeness (QED) is 0.618. The summed E-state index contributed by atoms with van der Waals surface area (Å²) in [5.74, 6) is 2.79. The van der Waals surface area contributed by atoms with Crippen LogP contribution >= 0.6 is 0 Å². The lowest BCUT2D eigenvalue weighted by Gasteiger charge is -2.11. The number of methoxy groups -OCH3 is 1. The summed E-state index contributed by atoms with van der Waals surface area (Å²) in [4.78, 5) is 8.99. The highest BCUT2D eigenvalue weighted by molar-refractivity contribution is 5.79. The molecule has 2 aromatic rings. The van der Waals surface area contributed by atoms with Crippen molar-refractivity contribution in [3.8, 4) is 5.75 Å². The van der Waals surface area contributed by atoms with Gasteiger partial charge in [-0.15, -0.1) is 0 Å². The second-order valence-corrected chi connectivity index (χ2v) is 6.66. The Morgan fingerprint density at radius 3 is 2.48 bits per heavy atom. The predicted molar refractivity (Wildman–Crippen MR) is 97.6 cm³/mol. The molecule has 0 unspecified atom stereocenters. The molecule has 0 bridgehead atoms. The van der Waals surface area contributed by atoms with Gasteiger partial charge < -0.3 is 19.9 Å². The first-order chi connectivity index (χ1) is 11.9. The van der Waals surface area contributed by atoms with E-state index >= 15 is 0 Å². The summed E-state index contributed by atoms with van der Waals surface area (Å²) in [5.41, 5.74) is 0.950. The molecular formula is C18H27N5O2. The molecule has 0 aliphatic carbocycles. The van der Waals surface area contributed by atoms with Crippen LogP contribution in [0.15, 0.2) is 33.8 Å². The summed E-state index contributed by atoms with van der Waals surface area (Å²) >= 11 is 0. The summed E-state index contributed by atoms with van der Waals surface area (Å²) in [6.07, 6.45) is 0. The molecule has 7 heteroatoms. The minimum absolute atomic E-state index is 0.155. The van der Waals surface area contributed by atoms with E-state index < -0.39 is 0 Å². The standard InChI is InChI=1S/C18H27N5O2/c1-6-19-17(20-11-13-7-9-14(24-5)10-8-13)21-12-15-22-16(25-23-15)18(2,3)4/h7-10H,6,11-12H2,1-5H3,(H2,19,20,21). The zero-order valence-corrected chi connectivity index (χ0v) is 15.6. The SMILES string of the molecule is CCNC(=NCc1ccc(OC)cc1)NCc1noc(C(C)(C)C)n1. The first kappa shape index (κ1) is 18.8. The van der Waals surface area contributed by atoms with Gasteiger partial charge in [0.25, 0.3) is 0 Å². The van der Waals surface area contributed by atoms with Gasteiger partial charge in [0.1, 0.15) is 5.75 Å². The molecule has 1 aromatic heterocycles. The van der Waals surface area contributed by atoms with Gasteiger partial charge in [0.15, 0.2) is 11.8 Å². The van der Waals surface area contributed by atoms with Crippen LogP contribution in [0.4, 0.5) is 0 Å². The number of aromatic nitrogens is 2. The molecule has 0 spiro atoms. The van der Waals surface area contributed by atoms with Gasteiger partial charge in [0.2, 0.25) is 5.89 Å². The van der Waals surface area contributed by atoms with E-state index in [1.54, 1.807) is 7.11 Å². The van der Waals surface area contributed by atoms with E-state index in [-0.39, 0.29) is 5.41 Å². The van der Waals surface area contributed by atoms with Crippen molar-refractivity contribution in [3.05, 3.63) is 41.5 Å². The average molecular weight is 345 g/mol. The Hall–Kier alpha value is -2.57. The number of benzene rings is 1. The minimum Gasteiger partial charge on any atom is -0.497 e. The van der Waals surface area contributed by atoms with Gasteiger partial charge in [0.05, 0.1) is 20.2 Å². The maximum absolute atomic E-state index is 5.30. The average Bonchev–Trinajstić information content (AvgIpc) is 3.07. The largest absolute Gasteiger partial charge is 0.497 e. The van der Waals surface area contributed by atoms with Crippen molar-refractivity contribution < 1.29 is 9.26 Å². The van der Waals surface area contributed by atoms with Crippen molar-refractivity contribution in [2.24, 2.45) is 4.99 Å². The number of nitrogens with one attached hydrogen (secondary N) is 2. The number of nitrogens with zero attached hydrogens (tertiary/aromatic N) is 3. The third-order valence-electron chi connectivity index (χ3n) is 3.45. The fourth-order valence-electron chi connectivity index (χ4n) is 2.04.